The van der Waals surface area contributed by atoms with Crippen LogP contribution >= 0.6 is 11.6 Å². The summed E-state index contributed by atoms with van der Waals surface area (Å²) in [5.74, 6) is -0.0706. The van der Waals surface area contributed by atoms with Gasteiger partial charge in [-0.15, -0.1) is 0 Å². The number of likely N-dealkylation sites (tertiary alicyclic amines) is 1. The molecule has 4 rings (SSSR count). The van der Waals surface area contributed by atoms with Crippen molar-refractivity contribution in [2.75, 3.05) is 24.5 Å². The second-order valence-corrected chi connectivity index (χ2v) is 7.80. The maximum atomic E-state index is 14.0. The van der Waals surface area contributed by atoms with Crippen LogP contribution in [0.25, 0.3) is 0 Å². The number of nitrogens with zero attached hydrogens (tertiary/aromatic N) is 3. The molecule has 0 unspecified atom stereocenters. The number of rotatable bonds is 3. The molecule has 0 saturated carbocycles. The van der Waals surface area contributed by atoms with Crippen molar-refractivity contribution in [1.29, 1.82) is 0 Å². The predicted molar refractivity (Wildman–Crippen MR) is 99.6 cm³/mol. The van der Waals surface area contributed by atoms with Gasteiger partial charge in [0.05, 0.1) is 11.9 Å². The number of hydrogen-bond donors (Lipinski definition) is 0. The van der Waals surface area contributed by atoms with Gasteiger partial charge in [0.25, 0.3) is 0 Å². The highest BCUT2D eigenvalue weighted by Crippen LogP contribution is 2.42. The van der Waals surface area contributed by atoms with Crippen molar-refractivity contribution in [3.05, 3.63) is 59.1 Å². The van der Waals surface area contributed by atoms with Gasteiger partial charge in [0.1, 0.15) is 0 Å². The van der Waals surface area contributed by atoms with Crippen LogP contribution in [0.1, 0.15) is 24.8 Å². The third-order valence-corrected chi connectivity index (χ3v) is 5.86. The molecule has 0 radical (unpaired) electrons. The fourth-order valence-corrected chi connectivity index (χ4v) is 4.24. The van der Waals surface area contributed by atoms with Gasteiger partial charge in [-0.2, -0.15) is 0 Å². The summed E-state index contributed by atoms with van der Waals surface area (Å²) >= 11 is 5.93. The fraction of sp³-hybridized carbons (Fsp3) is 0.400. The first-order chi connectivity index (χ1) is 12.5. The Morgan fingerprint density at radius 2 is 1.88 bits per heavy atom. The van der Waals surface area contributed by atoms with Gasteiger partial charge in [-0.1, -0.05) is 23.7 Å². The molecule has 4 nitrogen and oxygen atoms in total. The lowest BCUT2D eigenvalue weighted by Crippen LogP contribution is -2.42. The number of piperidine rings is 1. The molecule has 1 amide bonds. The minimum Gasteiger partial charge on any atom is -0.369 e. The Kier molecular flexibility index (Phi) is 4.57. The minimum atomic E-state index is -0.282. The second-order valence-electron chi connectivity index (χ2n) is 7.37. The first kappa shape index (κ1) is 17.3. The molecule has 2 saturated heterocycles. The Morgan fingerprint density at radius 1 is 1.15 bits per heavy atom. The van der Waals surface area contributed by atoms with Crippen LogP contribution in [0.4, 0.5) is 10.1 Å². The van der Waals surface area contributed by atoms with Gasteiger partial charge in [-0.25, -0.2) is 4.39 Å². The Morgan fingerprint density at radius 3 is 2.58 bits per heavy atom. The molecule has 6 heteroatoms. The standard InChI is InChI=1S/C20H21ClFN3O/c21-16-3-1-15(2-4-16)13-25-14-20(11-19(25)26)6-9-24(10-7-20)18-5-8-23-12-17(18)22/h1-5,8,12H,6-7,9-11,13-14H2. The van der Waals surface area contributed by atoms with Gasteiger partial charge >= 0.3 is 0 Å². The average Bonchev–Trinajstić information content (AvgIpc) is 2.93. The summed E-state index contributed by atoms with van der Waals surface area (Å²) in [6.07, 6.45) is 5.27. The van der Waals surface area contributed by atoms with Crippen molar-refractivity contribution in [2.45, 2.75) is 25.8 Å². The number of pyridine rings is 1. The van der Waals surface area contributed by atoms with E-state index in [2.05, 4.69) is 9.88 Å². The lowest BCUT2D eigenvalue weighted by Gasteiger charge is -2.40. The zero-order chi connectivity index (χ0) is 18.1. The molecule has 3 heterocycles. The Bertz CT molecular complexity index is 803. The largest absolute Gasteiger partial charge is 0.369 e. The van der Waals surface area contributed by atoms with E-state index in [1.165, 1.54) is 6.20 Å². The average molecular weight is 374 g/mol. The molecule has 1 spiro atoms. The van der Waals surface area contributed by atoms with E-state index in [9.17, 15) is 9.18 Å². The summed E-state index contributed by atoms with van der Waals surface area (Å²) in [7, 11) is 0. The first-order valence-corrected chi connectivity index (χ1v) is 9.29. The summed E-state index contributed by atoms with van der Waals surface area (Å²) < 4.78 is 14.0. The van der Waals surface area contributed by atoms with Crippen molar-refractivity contribution in [2.24, 2.45) is 5.41 Å². The first-order valence-electron chi connectivity index (χ1n) is 8.91. The van der Waals surface area contributed by atoms with Gasteiger partial charge < -0.3 is 9.80 Å². The zero-order valence-corrected chi connectivity index (χ0v) is 15.3. The van der Waals surface area contributed by atoms with Crippen LogP contribution in [0, 0.1) is 11.2 Å². The van der Waals surface area contributed by atoms with E-state index >= 15 is 0 Å². The highest BCUT2D eigenvalue weighted by molar-refractivity contribution is 6.30. The topological polar surface area (TPSA) is 36.4 Å². The van der Waals surface area contributed by atoms with Crippen molar-refractivity contribution in [3.63, 3.8) is 0 Å². The number of hydrogen-bond acceptors (Lipinski definition) is 3. The minimum absolute atomic E-state index is 0.0174. The van der Waals surface area contributed by atoms with E-state index in [-0.39, 0.29) is 17.1 Å². The van der Waals surface area contributed by atoms with Gasteiger partial charge in [0.2, 0.25) is 5.91 Å². The molecule has 0 atom stereocenters. The molecule has 2 aliphatic heterocycles. The molecular weight excluding hydrogens is 353 g/mol. The molecular formula is C20H21ClFN3O. The maximum Gasteiger partial charge on any atom is 0.223 e. The van der Waals surface area contributed by atoms with E-state index in [0.29, 0.717) is 23.7 Å². The smallest absolute Gasteiger partial charge is 0.223 e. The molecule has 0 N–H and O–H groups in total. The number of carbonyl (C=O) groups excluding carboxylic acids is 1. The third kappa shape index (κ3) is 3.40. The lowest BCUT2D eigenvalue weighted by atomic mass is 9.77. The molecule has 2 aliphatic rings. The third-order valence-electron chi connectivity index (χ3n) is 5.61. The Labute approximate surface area is 157 Å². The number of amides is 1. The number of benzene rings is 1. The molecule has 0 aliphatic carbocycles. The molecule has 1 aromatic heterocycles. The quantitative estimate of drug-likeness (QED) is 0.818. The van der Waals surface area contributed by atoms with Crippen molar-refractivity contribution in [3.8, 4) is 0 Å². The van der Waals surface area contributed by atoms with Crippen molar-refractivity contribution in [1.82, 2.24) is 9.88 Å². The van der Waals surface area contributed by atoms with Gasteiger partial charge in [-0.3, -0.25) is 9.78 Å². The van der Waals surface area contributed by atoms with Gasteiger partial charge in [0.15, 0.2) is 5.82 Å². The summed E-state index contributed by atoms with van der Waals surface area (Å²) in [5.41, 5.74) is 1.72. The van der Waals surface area contributed by atoms with Crippen molar-refractivity contribution >= 4 is 23.2 Å². The normalized spacial score (nSPS) is 19.4. The van der Waals surface area contributed by atoms with E-state index < -0.39 is 0 Å². The molecule has 1 aromatic carbocycles. The van der Waals surface area contributed by atoms with E-state index in [0.717, 1.165) is 38.0 Å². The molecule has 26 heavy (non-hydrogen) atoms. The summed E-state index contributed by atoms with van der Waals surface area (Å²) in [4.78, 5) is 20.4. The molecule has 136 valence electrons. The summed E-state index contributed by atoms with van der Waals surface area (Å²) in [6, 6.07) is 9.37. The number of carbonyl (C=O) groups is 1. The Balaban J connectivity index is 1.41. The number of halogens is 2. The lowest BCUT2D eigenvalue weighted by molar-refractivity contribution is -0.128. The van der Waals surface area contributed by atoms with Gasteiger partial charge in [0, 0.05) is 49.2 Å². The van der Waals surface area contributed by atoms with Gasteiger partial charge in [-0.05, 0) is 36.6 Å². The zero-order valence-electron chi connectivity index (χ0n) is 14.5. The van der Waals surface area contributed by atoms with E-state index in [1.807, 2.05) is 29.2 Å². The van der Waals surface area contributed by atoms with Crippen LogP contribution in [-0.4, -0.2) is 35.4 Å². The summed E-state index contributed by atoms with van der Waals surface area (Å²) in [5, 5.41) is 0.702. The van der Waals surface area contributed by atoms with Crippen LogP contribution in [0.15, 0.2) is 42.7 Å². The number of aromatic nitrogens is 1. The van der Waals surface area contributed by atoms with Crippen LogP contribution in [-0.2, 0) is 11.3 Å². The Hall–Kier alpha value is -2.14. The molecule has 2 aromatic rings. The fourth-order valence-electron chi connectivity index (χ4n) is 4.12. The molecule has 0 bridgehead atoms. The maximum absolute atomic E-state index is 14.0. The SMILES string of the molecule is O=C1CC2(CCN(c3ccncc3F)CC2)CN1Cc1ccc(Cl)cc1. The highest BCUT2D eigenvalue weighted by Gasteiger charge is 2.44. The summed E-state index contributed by atoms with van der Waals surface area (Å²) in [6.45, 7) is 2.94. The number of anilines is 1. The monoisotopic (exact) mass is 373 g/mol. The molecule has 2 fully saturated rings. The highest BCUT2D eigenvalue weighted by atomic mass is 35.5. The van der Waals surface area contributed by atoms with Crippen LogP contribution in [0.5, 0.6) is 0 Å². The van der Waals surface area contributed by atoms with Crippen LogP contribution in [0.2, 0.25) is 5.02 Å². The van der Waals surface area contributed by atoms with Crippen molar-refractivity contribution < 1.29 is 9.18 Å². The van der Waals surface area contributed by atoms with E-state index in [1.54, 1.807) is 12.3 Å². The van der Waals surface area contributed by atoms with Crippen LogP contribution in [0.3, 0.4) is 0 Å². The second kappa shape index (κ2) is 6.88. The van der Waals surface area contributed by atoms with Crippen LogP contribution < -0.4 is 4.90 Å². The van der Waals surface area contributed by atoms with E-state index in [4.69, 9.17) is 11.6 Å². The predicted octanol–water partition coefficient (Wildman–Crippen LogP) is 3.89.